The first kappa shape index (κ1) is 22.7. The summed E-state index contributed by atoms with van der Waals surface area (Å²) < 4.78 is 19.5. The molecule has 1 aromatic carbocycles. The second-order valence-electron chi connectivity index (χ2n) is 9.01. The number of nitrogens with zero attached hydrogens (tertiary/aromatic N) is 6. The molecule has 6 aromatic rings. The van der Waals surface area contributed by atoms with Crippen LogP contribution in [0.2, 0.25) is 0 Å². The molecule has 5 heterocycles. The molecule has 0 aliphatic heterocycles. The Balaban J connectivity index is 1.45. The van der Waals surface area contributed by atoms with Gasteiger partial charge in [0.25, 0.3) is 0 Å². The molecule has 0 bridgehead atoms. The zero-order valence-corrected chi connectivity index (χ0v) is 20.5. The highest BCUT2D eigenvalue weighted by Crippen LogP contribution is 2.33. The Kier molecular flexibility index (Phi) is 5.57. The van der Waals surface area contributed by atoms with Gasteiger partial charge in [-0.2, -0.15) is 5.10 Å². The molecule has 184 valence electrons. The average Bonchev–Trinajstić information content (AvgIpc) is 3.51. The number of aromatic amines is 2. The fourth-order valence-corrected chi connectivity index (χ4v) is 4.40. The largest absolute Gasteiger partial charge is 0.497 e. The molecule has 0 fully saturated rings. The summed E-state index contributed by atoms with van der Waals surface area (Å²) in [6.45, 7) is 0.783. The van der Waals surface area contributed by atoms with E-state index >= 15 is 0 Å². The van der Waals surface area contributed by atoms with Crippen molar-refractivity contribution < 1.29 is 9.13 Å². The van der Waals surface area contributed by atoms with Crippen LogP contribution in [0.1, 0.15) is 5.56 Å². The van der Waals surface area contributed by atoms with Crippen LogP contribution in [0.5, 0.6) is 5.75 Å². The topological polar surface area (TPSA) is 108 Å². The molecule has 0 aliphatic rings. The Morgan fingerprint density at radius 3 is 2.70 bits per heavy atom. The lowest BCUT2D eigenvalue weighted by Gasteiger charge is -2.10. The van der Waals surface area contributed by atoms with Crippen molar-refractivity contribution in [1.82, 2.24) is 40.0 Å². The van der Waals surface area contributed by atoms with Crippen LogP contribution < -0.4 is 4.74 Å². The van der Waals surface area contributed by atoms with Crippen molar-refractivity contribution in [3.8, 4) is 39.7 Å². The van der Waals surface area contributed by atoms with E-state index in [-0.39, 0.29) is 0 Å². The summed E-state index contributed by atoms with van der Waals surface area (Å²) in [5.74, 6) is 0.540. The predicted molar refractivity (Wildman–Crippen MR) is 139 cm³/mol. The van der Waals surface area contributed by atoms with Crippen molar-refractivity contribution >= 4 is 22.2 Å². The van der Waals surface area contributed by atoms with Crippen LogP contribution >= 0.6 is 0 Å². The molecule has 10 heteroatoms. The molecule has 2 N–H and O–H groups in total. The van der Waals surface area contributed by atoms with E-state index in [0.717, 1.165) is 34.4 Å². The minimum absolute atomic E-state index is 0.394. The molecule has 0 saturated heterocycles. The number of halogens is 1. The first-order chi connectivity index (χ1) is 18.0. The summed E-state index contributed by atoms with van der Waals surface area (Å²) in [5, 5.41) is 7.52. The summed E-state index contributed by atoms with van der Waals surface area (Å²) in [5.41, 5.74) is 7.33. The first-order valence-electron chi connectivity index (χ1n) is 11.6. The highest BCUT2D eigenvalue weighted by atomic mass is 19.1. The van der Waals surface area contributed by atoms with E-state index in [4.69, 9.17) is 14.7 Å². The number of fused-ring (bicyclic) bond motifs is 2. The smallest absolute Gasteiger partial charge is 0.162 e. The lowest BCUT2D eigenvalue weighted by molar-refractivity contribution is 0.402. The quantitative estimate of drug-likeness (QED) is 0.341. The van der Waals surface area contributed by atoms with E-state index in [1.165, 1.54) is 19.2 Å². The van der Waals surface area contributed by atoms with Crippen molar-refractivity contribution in [3.63, 3.8) is 0 Å². The van der Waals surface area contributed by atoms with Crippen LogP contribution in [0, 0.1) is 5.82 Å². The highest BCUT2D eigenvalue weighted by molar-refractivity contribution is 5.95. The number of hydrogen-bond acceptors (Lipinski definition) is 7. The Labute approximate surface area is 211 Å². The zero-order chi connectivity index (χ0) is 25.5. The molecular formula is C27H23FN8O. The van der Waals surface area contributed by atoms with Gasteiger partial charge in [0.15, 0.2) is 17.2 Å². The van der Waals surface area contributed by atoms with Crippen LogP contribution in [0.4, 0.5) is 4.39 Å². The number of pyridine rings is 3. The van der Waals surface area contributed by atoms with Gasteiger partial charge in [0.2, 0.25) is 0 Å². The van der Waals surface area contributed by atoms with Crippen molar-refractivity contribution in [2.45, 2.75) is 6.54 Å². The number of aromatic nitrogens is 7. The van der Waals surface area contributed by atoms with E-state index in [2.05, 4.69) is 36.1 Å². The third kappa shape index (κ3) is 4.27. The zero-order valence-electron chi connectivity index (χ0n) is 20.5. The van der Waals surface area contributed by atoms with Gasteiger partial charge in [-0.3, -0.25) is 10.1 Å². The van der Waals surface area contributed by atoms with Crippen molar-refractivity contribution in [1.29, 1.82) is 0 Å². The van der Waals surface area contributed by atoms with Gasteiger partial charge in [-0.25, -0.2) is 19.3 Å². The fourth-order valence-electron chi connectivity index (χ4n) is 4.40. The van der Waals surface area contributed by atoms with Gasteiger partial charge >= 0.3 is 0 Å². The molecule has 0 atom stereocenters. The van der Waals surface area contributed by atoms with E-state index < -0.39 is 5.82 Å². The highest BCUT2D eigenvalue weighted by Gasteiger charge is 2.18. The van der Waals surface area contributed by atoms with Gasteiger partial charge in [-0.05, 0) is 61.6 Å². The van der Waals surface area contributed by atoms with Crippen molar-refractivity contribution in [2.75, 3.05) is 21.2 Å². The number of hydrogen-bond donors (Lipinski definition) is 2. The van der Waals surface area contributed by atoms with E-state index in [0.29, 0.717) is 39.5 Å². The lowest BCUT2D eigenvalue weighted by atomic mass is 10.1. The molecule has 37 heavy (non-hydrogen) atoms. The number of benzene rings is 1. The summed E-state index contributed by atoms with van der Waals surface area (Å²) in [6, 6.07) is 12.3. The molecule has 0 aliphatic carbocycles. The maximum atomic E-state index is 14.2. The fraction of sp³-hybridized carbons (Fsp3) is 0.148. The molecule has 0 radical (unpaired) electrons. The summed E-state index contributed by atoms with van der Waals surface area (Å²) >= 11 is 0. The second-order valence-corrected chi connectivity index (χ2v) is 9.01. The maximum Gasteiger partial charge on any atom is 0.162 e. The van der Waals surface area contributed by atoms with Gasteiger partial charge in [-0.1, -0.05) is 0 Å². The van der Waals surface area contributed by atoms with Gasteiger partial charge in [0.1, 0.15) is 22.6 Å². The molecule has 0 unspecified atom stereocenters. The normalized spacial score (nSPS) is 11.6. The number of rotatable bonds is 6. The first-order valence-corrected chi connectivity index (χ1v) is 11.6. The number of H-pyrrole nitrogens is 2. The summed E-state index contributed by atoms with van der Waals surface area (Å²) in [4.78, 5) is 23.8. The second kappa shape index (κ2) is 9.07. The van der Waals surface area contributed by atoms with Crippen molar-refractivity contribution in [2.24, 2.45) is 0 Å². The lowest BCUT2D eigenvalue weighted by Crippen LogP contribution is -2.10. The SMILES string of the molecule is COc1cc(F)cc(-c2ccnc3[nH]c(-c4n[nH]c5ccc(-c6cncc(CN(C)C)c6)nc45)nc23)c1. The summed E-state index contributed by atoms with van der Waals surface area (Å²) in [6.07, 6.45) is 5.32. The molecule has 5 aromatic heterocycles. The van der Waals surface area contributed by atoms with Crippen LogP contribution in [0.15, 0.2) is 61.1 Å². The van der Waals surface area contributed by atoms with Crippen LogP contribution in [0.3, 0.4) is 0 Å². The number of nitrogens with one attached hydrogen (secondary N) is 2. The molecular weight excluding hydrogens is 471 g/mol. The molecule has 0 saturated carbocycles. The minimum atomic E-state index is -0.394. The van der Waals surface area contributed by atoms with Gasteiger partial charge < -0.3 is 14.6 Å². The Bertz CT molecular complexity index is 1760. The Hall–Kier alpha value is -4.70. The molecule has 0 amide bonds. The maximum absolute atomic E-state index is 14.2. The standard InChI is InChI=1S/C27H23FN8O/c1-36(2)14-15-8-17(13-29-12-15)21-4-5-22-24(31-21)25(35-34-22)27-32-23-20(6-7-30-26(23)33-27)16-9-18(28)11-19(10-16)37-3/h4-13H,14H2,1-3H3,(H,34,35)(H,30,32,33). The minimum Gasteiger partial charge on any atom is -0.497 e. The summed E-state index contributed by atoms with van der Waals surface area (Å²) in [7, 11) is 5.55. The van der Waals surface area contributed by atoms with Gasteiger partial charge in [0, 0.05) is 42.3 Å². The van der Waals surface area contributed by atoms with Gasteiger partial charge in [0.05, 0.1) is 18.3 Å². The van der Waals surface area contributed by atoms with Crippen LogP contribution in [0.25, 0.3) is 56.1 Å². The molecule has 6 rings (SSSR count). The Morgan fingerprint density at radius 2 is 1.86 bits per heavy atom. The number of methoxy groups -OCH3 is 1. The third-order valence-corrected chi connectivity index (χ3v) is 6.02. The monoisotopic (exact) mass is 494 g/mol. The van der Waals surface area contributed by atoms with Crippen LogP contribution in [-0.4, -0.2) is 61.2 Å². The van der Waals surface area contributed by atoms with E-state index in [1.807, 2.05) is 32.4 Å². The van der Waals surface area contributed by atoms with Crippen LogP contribution in [-0.2, 0) is 6.54 Å². The number of imidazole rings is 1. The number of ether oxygens (including phenoxy) is 1. The van der Waals surface area contributed by atoms with E-state index in [1.54, 1.807) is 24.5 Å². The predicted octanol–water partition coefficient (Wildman–Crippen LogP) is 4.83. The van der Waals surface area contributed by atoms with E-state index in [9.17, 15) is 4.39 Å². The van der Waals surface area contributed by atoms with Crippen molar-refractivity contribution in [3.05, 3.63) is 72.4 Å². The average molecular weight is 495 g/mol. The Morgan fingerprint density at radius 1 is 0.973 bits per heavy atom. The molecule has 0 spiro atoms. The third-order valence-electron chi connectivity index (χ3n) is 6.02. The molecule has 9 nitrogen and oxygen atoms in total. The van der Waals surface area contributed by atoms with Gasteiger partial charge in [-0.15, -0.1) is 0 Å².